The van der Waals surface area contributed by atoms with E-state index in [1.165, 1.54) is 109 Å². The van der Waals surface area contributed by atoms with Crippen molar-refractivity contribution in [3.8, 4) is 0 Å². The number of nitrogens with two attached hydrogens (primary N) is 1. The van der Waals surface area contributed by atoms with Gasteiger partial charge < -0.3 is 28.8 Å². The highest BCUT2D eigenvalue weighted by Gasteiger charge is 2.16. The summed E-state index contributed by atoms with van der Waals surface area (Å²) in [5, 5.41) is 1.98. The van der Waals surface area contributed by atoms with Crippen LogP contribution < -0.4 is 5.32 Å². The van der Waals surface area contributed by atoms with Crippen LogP contribution in [0.3, 0.4) is 0 Å². The minimum absolute atomic E-state index is 0.0310. The van der Waals surface area contributed by atoms with Gasteiger partial charge in [-0.25, -0.2) is 0 Å². The number of carbonyl (C=O) groups excluding carboxylic acids is 1. The summed E-state index contributed by atoms with van der Waals surface area (Å²) in [5.41, 5.74) is 0. The highest BCUT2D eigenvalue weighted by atomic mass is 31.2. The van der Waals surface area contributed by atoms with Crippen LogP contribution in [0.1, 0.15) is 136 Å². The first-order valence-electron chi connectivity index (χ1n) is 15.2. The lowest BCUT2D eigenvalue weighted by molar-refractivity contribution is -0.627. The number of carbonyl (C=O) groups is 1. The molecule has 0 fully saturated rings. The number of Topliss-reactive ketones (excluding diaryl/α,β-unsaturated/α-hetero) is 1. The third kappa shape index (κ3) is 28.5. The monoisotopic (exact) mass is 534 g/mol. The Morgan fingerprint density at radius 1 is 0.722 bits per heavy atom. The fourth-order valence-electron chi connectivity index (χ4n) is 4.38. The average molecular weight is 535 g/mol. The average Bonchev–Trinajstić information content (AvgIpc) is 2.85. The number of rotatable bonds is 30. The van der Waals surface area contributed by atoms with Crippen LogP contribution in [0.2, 0.25) is 0 Å². The van der Waals surface area contributed by atoms with Gasteiger partial charge >= 0.3 is 8.60 Å². The fraction of sp³-hybridized carbons (Fsp3) is 0.966. The molecule has 0 amide bonds. The fourth-order valence-corrected chi connectivity index (χ4v) is 5.06. The second kappa shape index (κ2) is 29.5. The first-order chi connectivity index (χ1) is 17.6. The molecule has 0 bridgehead atoms. The molecule has 0 spiro atoms. The predicted molar refractivity (Wildman–Crippen MR) is 152 cm³/mol. The van der Waals surface area contributed by atoms with Gasteiger partial charge in [-0.3, -0.25) is 0 Å². The van der Waals surface area contributed by atoms with E-state index in [1.807, 2.05) is 12.4 Å². The number of ketones is 1. The number of hydrogen-bond acceptors (Lipinski definition) is 5. The molecule has 0 aromatic heterocycles. The van der Waals surface area contributed by atoms with Crippen LogP contribution in [0.25, 0.3) is 0 Å². The summed E-state index contributed by atoms with van der Waals surface area (Å²) in [5.74, 6) is 0.0840. The Morgan fingerprint density at radius 3 is 1.64 bits per heavy atom. The summed E-state index contributed by atoms with van der Waals surface area (Å²) in [6, 6.07) is 0. The van der Waals surface area contributed by atoms with E-state index in [2.05, 4.69) is 6.92 Å². The molecular formula is C29H61NO5P+. The molecule has 2 unspecified atom stereocenters. The van der Waals surface area contributed by atoms with Crippen molar-refractivity contribution in [2.75, 3.05) is 40.0 Å². The zero-order valence-electron chi connectivity index (χ0n) is 24.2. The molecule has 0 aliphatic carbocycles. The van der Waals surface area contributed by atoms with Crippen LogP contribution in [0.4, 0.5) is 0 Å². The van der Waals surface area contributed by atoms with E-state index in [9.17, 15) is 9.69 Å². The molecule has 0 saturated carbocycles. The van der Waals surface area contributed by atoms with Crippen molar-refractivity contribution in [2.24, 2.45) is 5.92 Å². The maximum atomic E-state index is 11.5. The van der Waals surface area contributed by atoms with Gasteiger partial charge in [-0.15, -0.1) is 0 Å². The maximum Gasteiger partial charge on any atom is 0.330 e. The minimum Gasteiger partial charge on any atom is -0.381 e. The van der Waals surface area contributed by atoms with Crippen LogP contribution >= 0.6 is 8.60 Å². The topological polar surface area (TPSA) is 81.6 Å². The van der Waals surface area contributed by atoms with Crippen LogP contribution in [0.5, 0.6) is 0 Å². The van der Waals surface area contributed by atoms with E-state index in [4.69, 9.17) is 13.8 Å². The molecule has 2 atom stereocenters. The Bertz CT molecular complexity index is 455. The largest absolute Gasteiger partial charge is 0.381 e. The van der Waals surface area contributed by atoms with E-state index in [-0.39, 0.29) is 18.3 Å². The van der Waals surface area contributed by atoms with Gasteiger partial charge in [0.1, 0.15) is 12.4 Å². The summed E-state index contributed by atoms with van der Waals surface area (Å²) in [7, 11) is 0.0706. The Morgan fingerprint density at radius 2 is 1.19 bits per heavy atom. The molecule has 0 heterocycles. The van der Waals surface area contributed by atoms with E-state index < -0.39 is 8.60 Å². The van der Waals surface area contributed by atoms with Crippen LogP contribution in [0.15, 0.2) is 0 Å². The third-order valence-corrected chi connectivity index (χ3v) is 7.37. The molecule has 3 N–H and O–H groups in total. The Balaban J connectivity index is 3.45. The van der Waals surface area contributed by atoms with Gasteiger partial charge in [-0.2, -0.15) is 0 Å². The van der Waals surface area contributed by atoms with Crippen molar-refractivity contribution in [3.63, 3.8) is 0 Å². The number of ether oxygens (including phenoxy) is 1. The SMILES string of the molecule is CCCCCCCCCCCCCCCCCCCCOCC(COP(O)OCC[NH2+]C)CC(C)=O. The second-order valence-electron chi connectivity index (χ2n) is 10.4. The lowest BCUT2D eigenvalue weighted by Gasteiger charge is -2.17. The second-order valence-corrected chi connectivity index (χ2v) is 11.4. The van der Waals surface area contributed by atoms with Crippen LogP contribution in [-0.2, 0) is 18.6 Å². The number of unbranched alkanes of at least 4 members (excludes halogenated alkanes) is 17. The molecule has 0 aromatic carbocycles. The zero-order valence-corrected chi connectivity index (χ0v) is 25.0. The molecule has 0 aliphatic heterocycles. The van der Waals surface area contributed by atoms with Gasteiger partial charge in [0.25, 0.3) is 0 Å². The normalized spacial score (nSPS) is 13.2. The molecule has 36 heavy (non-hydrogen) atoms. The van der Waals surface area contributed by atoms with E-state index in [0.717, 1.165) is 19.6 Å². The maximum absolute atomic E-state index is 11.5. The highest BCUT2D eigenvalue weighted by molar-refractivity contribution is 7.40. The Labute approximate surface area is 225 Å². The zero-order chi connectivity index (χ0) is 26.5. The van der Waals surface area contributed by atoms with Crippen molar-refractivity contribution in [1.82, 2.24) is 0 Å². The molecule has 0 aliphatic rings. The van der Waals surface area contributed by atoms with E-state index >= 15 is 0 Å². The van der Waals surface area contributed by atoms with Gasteiger partial charge in [-0.1, -0.05) is 116 Å². The van der Waals surface area contributed by atoms with Gasteiger partial charge in [0.2, 0.25) is 0 Å². The molecule has 0 aromatic rings. The molecule has 216 valence electrons. The summed E-state index contributed by atoms with van der Waals surface area (Å²) in [6.07, 6.45) is 25.1. The molecular weight excluding hydrogens is 473 g/mol. The van der Waals surface area contributed by atoms with Crippen molar-refractivity contribution in [1.29, 1.82) is 0 Å². The minimum atomic E-state index is -1.88. The van der Waals surface area contributed by atoms with Gasteiger partial charge in [0.05, 0.1) is 26.8 Å². The molecule has 0 rings (SSSR count). The van der Waals surface area contributed by atoms with Crippen LogP contribution in [0, 0.1) is 5.92 Å². The third-order valence-electron chi connectivity index (χ3n) is 6.60. The van der Waals surface area contributed by atoms with Crippen molar-refractivity contribution in [2.45, 2.75) is 136 Å². The number of likely N-dealkylation sites (N-methyl/N-ethyl adjacent to an activating group) is 1. The van der Waals surface area contributed by atoms with Crippen LogP contribution in [-0.4, -0.2) is 50.7 Å². The van der Waals surface area contributed by atoms with Gasteiger partial charge in [0, 0.05) is 18.9 Å². The number of hydrogen-bond donors (Lipinski definition) is 2. The standard InChI is InChI=1S/C29H60NO5P/c1-4-5-6-7-8-9-10-11-12-13-14-15-16-17-18-19-20-21-23-33-26-29(25-28(2)31)27-35-36(32)34-24-22-30-3/h29-30,32H,4-27H2,1-3H3/p+1. The summed E-state index contributed by atoms with van der Waals surface area (Å²) < 4.78 is 16.4. The summed E-state index contributed by atoms with van der Waals surface area (Å²) >= 11 is 0. The number of quaternary nitrogens is 1. The molecule has 0 radical (unpaired) electrons. The Kier molecular flexibility index (Phi) is 29.4. The van der Waals surface area contributed by atoms with Crippen molar-refractivity contribution < 1.29 is 28.8 Å². The Hall–Kier alpha value is -0.100. The smallest absolute Gasteiger partial charge is 0.330 e. The summed E-state index contributed by atoms with van der Waals surface area (Å²) in [4.78, 5) is 21.3. The first-order valence-corrected chi connectivity index (χ1v) is 16.3. The molecule has 6 nitrogen and oxygen atoms in total. The lowest BCUT2D eigenvalue weighted by Crippen LogP contribution is -2.80. The van der Waals surface area contributed by atoms with Crippen molar-refractivity contribution in [3.05, 3.63) is 0 Å². The predicted octanol–water partition coefficient (Wildman–Crippen LogP) is 7.09. The van der Waals surface area contributed by atoms with Crippen molar-refractivity contribution >= 4 is 14.4 Å². The quantitative estimate of drug-likeness (QED) is 0.0760. The molecule has 0 saturated heterocycles. The highest BCUT2D eigenvalue weighted by Crippen LogP contribution is 2.33. The van der Waals surface area contributed by atoms with Gasteiger partial charge in [-0.05, 0) is 13.3 Å². The first kappa shape index (κ1) is 35.9. The van der Waals surface area contributed by atoms with E-state index in [0.29, 0.717) is 19.6 Å². The summed E-state index contributed by atoms with van der Waals surface area (Å²) in [6.45, 7) is 6.60. The molecule has 7 heteroatoms. The van der Waals surface area contributed by atoms with E-state index in [1.54, 1.807) is 6.92 Å². The van der Waals surface area contributed by atoms with Gasteiger partial charge in [0.15, 0.2) is 0 Å². The lowest BCUT2D eigenvalue weighted by atomic mass is 10.0.